The maximum atomic E-state index is 13.3. The second kappa shape index (κ2) is 11.1. The molecule has 0 N–H and O–H groups in total. The van der Waals surface area contributed by atoms with Crippen LogP contribution in [-0.2, 0) is 27.3 Å². The summed E-state index contributed by atoms with van der Waals surface area (Å²) in [5.41, 5.74) is 1.17. The lowest BCUT2D eigenvalue weighted by molar-refractivity contribution is -0.144. The van der Waals surface area contributed by atoms with Gasteiger partial charge in [0.2, 0.25) is 11.8 Å². The minimum atomic E-state index is -0.167. The molecule has 1 atom stereocenters. The molecule has 1 aromatic carbocycles. The van der Waals surface area contributed by atoms with E-state index in [9.17, 15) is 9.59 Å². The van der Waals surface area contributed by atoms with Gasteiger partial charge in [0.1, 0.15) is 11.5 Å². The molecule has 1 aliphatic heterocycles. The number of aryl methyl sites for hydroxylation is 1. The average Bonchev–Trinajstić information content (AvgIpc) is 3.42. The summed E-state index contributed by atoms with van der Waals surface area (Å²) in [7, 11) is 0. The second-order valence-corrected chi connectivity index (χ2v) is 8.57. The molecule has 168 valence electrons. The lowest BCUT2D eigenvalue weighted by Gasteiger charge is -2.30. The highest BCUT2D eigenvalue weighted by Crippen LogP contribution is 2.16. The van der Waals surface area contributed by atoms with E-state index >= 15 is 0 Å². The van der Waals surface area contributed by atoms with Gasteiger partial charge in [-0.05, 0) is 43.9 Å². The lowest BCUT2D eigenvalue weighted by Crippen LogP contribution is -2.47. The van der Waals surface area contributed by atoms with Crippen LogP contribution in [0, 0.1) is 12.8 Å². The molecule has 1 fully saturated rings. The molecule has 0 aliphatic carbocycles. The van der Waals surface area contributed by atoms with Crippen LogP contribution in [0.15, 0.2) is 46.9 Å². The molecule has 1 aliphatic rings. The van der Waals surface area contributed by atoms with E-state index in [1.807, 2.05) is 51.1 Å². The summed E-state index contributed by atoms with van der Waals surface area (Å²) in [6.07, 6.45) is 2.69. The summed E-state index contributed by atoms with van der Waals surface area (Å²) in [5.74, 6) is 1.32. The minimum absolute atomic E-state index is 0.0132. The van der Waals surface area contributed by atoms with E-state index in [1.54, 1.807) is 9.80 Å². The average molecular weight is 427 g/mol. The fraction of sp³-hybridized carbons (Fsp3) is 0.520. The van der Waals surface area contributed by atoms with Crippen molar-refractivity contribution in [3.8, 4) is 0 Å². The van der Waals surface area contributed by atoms with Crippen molar-refractivity contribution in [1.29, 1.82) is 0 Å². The van der Waals surface area contributed by atoms with Gasteiger partial charge in [0.15, 0.2) is 0 Å². The van der Waals surface area contributed by atoms with Gasteiger partial charge in [-0.25, -0.2) is 0 Å². The van der Waals surface area contributed by atoms with Crippen LogP contribution in [0.4, 0.5) is 0 Å². The molecule has 0 unspecified atom stereocenters. The largest absolute Gasteiger partial charge is 0.464 e. The summed E-state index contributed by atoms with van der Waals surface area (Å²) in [5, 5.41) is 0. The summed E-state index contributed by atoms with van der Waals surface area (Å²) >= 11 is 0. The van der Waals surface area contributed by atoms with E-state index in [0.717, 1.165) is 37.4 Å². The Morgan fingerprint density at radius 3 is 2.48 bits per heavy atom. The van der Waals surface area contributed by atoms with Crippen LogP contribution in [0.2, 0.25) is 0 Å². The number of benzene rings is 1. The highest BCUT2D eigenvalue weighted by Gasteiger charge is 2.27. The molecule has 0 saturated carbocycles. The van der Waals surface area contributed by atoms with Crippen LogP contribution in [0.3, 0.4) is 0 Å². The van der Waals surface area contributed by atoms with Gasteiger partial charge in [-0.2, -0.15) is 0 Å². The van der Waals surface area contributed by atoms with Crippen molar-refractivity contribution in [2.45, 2.75) is 52.7 Å². The first kappa shape index (κ1) is 23.1. The van der Waals surface area contributed by atoms with E-state index in [4.69, 9.17) is 9.15 Å². The first-order valence-corrected chi connectivity index (χ1v) is 11.2. The number of furan rings is 1. The van der Waals surface area contributed by atoms with E-state index in [1.165, 1.54) is 5.56 Å². The Morgan fingerprint density at radius 2 is 1.87 bits per heavy atom. The van der Waals surface area contributed by atoms with Crippen molar-refractivity contribution in [2.75, 3.05) is 26.2 Å². The van der Waals surface area contributed by atoms with Gasteiger partial charge in [-0.3, -0.25) is 9.59 Å². The third kappa shape index (κ3) is 6.96. The quantitative estimate of drug-likeness (QED) is 0.579. The molecule has 2 heterocycles. The van der Waals surface area contributed by atoms with E-state index in [2.05, 4.69) is 12.1 Å². The maximum Gasteiger partial charge on any atom is 0.242 e. The predicted molar refractivity (Wildman–Crippen MR) is 119 cm³/mol. The Balaban J connectivity index is 1.71. The Hall–Kier alpha value is -2.60. The highest BCUT2D eigenvalue weighted by molar-refractivity contribution is 5.85. The van der Waals surface area contributed by atoms with Gasteiger partial charge >= 0.3 is 0 Å². The molecule has 3 rings (SSSR count). The molecular weight excluding hydrogens is 392 g/mol. The van der Waals surface area contributed by atoms with Crippen LogP contribution < -0.4 is 0 Å². The highest BCUT2D eigenvalue weighted by atomic mass is 16.5. The molecule has 31 heavy (non-hydrogen) atoms. The van der Waals surface area contributed by atoms with E-state index in [0.29, 0.717) is 19.6 Å². The normalized spacial score (nSPS) is 15.9. The molecular formula is C25H34N2O4. The van der Waals surface area contributed by atoms with Gasteiger partial charge in [0.25, 0.3) is 0 Å². The molecule has 0 radical (unpaired) electrons. The summed E-state index contributed by atoms with van der Waals surface area (Å²) in [6.45, 7) is 7.84. The van der Waals surface area contributed by atoms with Crippen molar-refractivity contribution in [2.24, 2.45) is 5.92 Å². The van der Waals surface area contributed by atoms with Crippen LogP contribution in [0.5, 0.6) is 0 Å². The molecule has 1 saturated heterocycles. The van der Waals surface area contributed by atoms with Crippen LogP contribution in [-0.4, -0.2) is 54.0 Å². The third-order valence-corrected chi connectivity index (χ3v) is 5.59. The Morgan fingerprint density at radius 1 is 1.10 bits per heavy atom. The summed E-state index contributed by atoms with van der Waals surface area (Å²) in [6, 6.07) is 13.9. The number of carbonyl (C=O) groups excluding carboxylic acids is 2. The summed E-state index contributed by atoms with van der Waals surface area (Å²) in [4.78, 5) is 29.6. The van der Waals surface area contributed by atoms with Gasteiger partial charge in [0, 0.05) is 25.6 Å². The zero-order valence-electron chi connectivity index (χ0n) is 18.9. The van der Waals surface area contributed by atoms with Crippen molar-refractivity contribution in [1.82, 2.24) is 9.80 Å². The van der Waals surface area contributed by atoms with Crippen molar-refractivity contribution >= 4 is 11.8 Å². The second-order valence-electron chi connectivity index (χ2n) is 8.57. The first-order chi connectivity index (χ1) is 14.9. The monoisotopic (exact) mass is 426 g/mol. The van der Waals surface area contributed by atoms with Crippen LogP contribution in [0.1, 0.15) is 43.8 Å². The predicted octanol–water partition coefficient (Wildman–Crippen LogP) is 3.82. The number of ether oxygens (including phenoxy) is 1. The topological polar surface area (TPSA) is 63.0 Å². The first-order valence-electron chi connectivity index (χ1n) is 11.2. The number of rotatable bonds is 10. The summed E-state index contributed by atoms with van der Waals surface area (Å²) < 4.78 is 11.4. The molecule has 1 aromatic heterocycles. The molecule has 6 heteroatoms. The van der Waals surface area contributed by atoms with E-state index < -0.39 is 0 Å². The Bertz CT molecular complexity index is 840. The van der Waals surface area contributed by atoms with Crippen molar-refractivity contribution < 1.29 is 18.7 Å². The number of hydrogen-bond donors (Lipinski definition) is 0. The molecule has 0 spiro atoms. The van der Waals surface area contributed by atoms with Crippen LogP contribution >= 0.6 is 0 Å². The zero-order valence-corrected chi connectivity index (χ0v) is 18.9. The molecule has 0 bridgehead atoms. The van der Waals surface area contributed by atoms with Gasteiger partial charge in [-0.1, -0.05) is 44.2 Å². The van der Waals surface area contributed by atoms with Crippen molar-refractivity contribution in [3.05, 3.63) is 59.5 Å². The fourth-order valence-corrected chi connectivity index (χ4v) is 3.85. The Labute approximate surface area is 185 Å². The minimum Gasteiger partial charge on any atom is -0.464 e. The van der Waals surface area contributed by atoms with Gasteiger partial charge in [-0.15, -0.1) is 0 Å². The Kier molecular flexibility index (Phi) is 8.29. The SMILES string of the molecule is Cc1ccc(CN(CCc2ccccc2)C(=O)CN(C[C@@H]2CCCO2)C(=O)C(C)C)o1. The fourth-order valence-electron chi connectivity index (χ4n) is 3.85. The van der Waals surface area contributed by atoms with Crippen LogP contribution in [0.25, 0.3) is 0 Å². The van der Waals surface area contributed by atoms with Gasteiger partial charge in [0.05, 0.1) is 19.2 Å². The standard InChI is InChI=1S/C25H34N2O4/c1-19(2)25(29)27(16-22-10-7-15-30-22)18-24(28)26(17-23-12-11-20(3)31-23)14-13-21-8-5-4-6-9-21/h4-6,8-9,11-12,19,22H,7,10,13-18H2,1-3H3/t22-/m0/s1. The van der Waals surface area contributed by atoms with Crippen molar-refractivity contribution in [3.63, 3.8) is 0 Å². The zero-order chi connectivity index (χ0) is 22.2. The van der Waals surface area contributed by atoms with Gasteiger partial charge < -0.3 is 19.0 Å². The number of carbonyl (C=O) groups is 2. The maximum absolute atomic E-state index is 13.3. The number of amides is 2. The third-order valence-electron chi connectivity index (χ3n) is 5.59. The molecule has 6 nitrogen and oxygen atoms in total. The lowest BCUT2D eigenvalue weighted by atomic mass is 10.1. The number of hydrogen-bond acceptors (Lipinski definition) is 4. The molecule has 2 amide bonds. The smallest absolute Gasteiger partial charge is 0.242 e. The molecule has 2 aromatic rings. The van der Waals surface area contributed by atoms with E-state index in [-0.39, 0.29) is 30.4 Å². The number of nitrogens with zero attached hydrogens (tertiary/aromatic N) is 2.